The van der Waals surface area contributed by atoms with Crippen LogP contribution in [-0.2, 0) is 9.47 Å². The van der Waals surface area contributed by atoms with E-state index in [1.807, 2.05) is 6.92 Å². The van der Waals surface area contributed by atoms with Crippen molar-refractivity contribution in [1.29, 1.82) is 0 Å². The molecule has 0 saturated heterocycles. The lowest BCUT2D eigenvalue weighted by Gasteiger charge is -2.14. The molecule has 0 aromatic rings. The minimum absolute atomic E-state index is 0.173. The highest BCUT2D eigenvalue weighted by molar-refractivity contribution is 4.57. The normalized spacial score (nSPS) is 13.2. The van der Waals surface area contributed by atoms with Crippen LogP contribution >= 0.6 is 0 Å². The van der Waals surface area contributed by atoms with Gasteiger partial charge >= 0.3 is 0 Å². The Morgan fingerprint density at radius 2 is 2.00 bits per heavy atom. The summed E-state index contributed by atoms with van der Waals surface area (Å²) in [5.41, 5.74) is 5.49. The molecule has 0 aromatic heterocycles. The van der Waals surface area contributed by atoms with Gasteiger partial charge in [-0.15, -0.1) is 0 Å². The minimum atomic E-state index is 0.173. The molecule has 2 N–H and O–H groups in total. The molecule has 0 aromatic carbocycles. The third kappa shape index (κ3) is 6.58. The van der Waals surface area contributed by atoms with Crippen LogP contribution < -0.4 is 5.73 Å². The highest BCUT2D eigenvalue weighted by atomic mass is 16.5. The first kappa shape index (κ1) is 11.9. The van der Waals surface area contributed by atoms with Crippen molar-refractivity contribution in [2.24, 2.45) is 5.73 Å². The third-order valence-electron chi connectivity index (χ3n) is 1.60. The van der Waals surface area contributed by atoms with E-state index in [0.29, 0.717) is 6.54 Å². The van der Waals surface area contributed by atoms with Crippen LogP contribution in [0.1, 0.15) is 26.7 Å². The number of hydrogen-bond donors (Lipinski definition) is 1. The Bertz CT molecular complexity index is 88.6. The van der Waals surface area contributed by atoms with Gasteiger partial charge in [0, 0.05) is 26.4 Å². The monoisotopic (exact) mass is 175 g/mol. The van der Waals surface area contributed by atoms with E-state index >= 15 is 0 Å². The van der Waals surface area contributed by atoms with Crippen molar-refractivity contribution in [1.82, 2.24) is 0 Å². The van der Waals surface area contributed by atoms with E-state index in [-0.39, 0.29) is 6.10 Å². The van der Waals surface area contributed by atoms with Gasteiger partial charge in [-0.25, -0.2) is 0 Å². The van der Waals surface area contributed by atoms with Gasteiger partial charge in [0.05, 0.1) is 6.10 Å². The standard InChI is InChI=1S/C9H21NO2/c1-3-6-11-7-5-9(8-10)12-4-2/h9H,3-8,10H2,1-2H3. The molecule has 0 aliphatic heterocycles. The van der Waals surface area contributed by atoms with Crippen LogP contribution in [-0.4, -0.2) is 32.5 Å². The fourth-order valence-corrected chi connectivity index (χ4v) is 0.966. The van der Waals surface area contributed by atoms with Gasteiger partial charge in [0.25, 0.3) is 0 Å². The third-order valence-corrected chi connectivity index (χ3v) is 1.60. The summed E-state index contributed by atoms with van der Waals surface area (Å²) in [6.45, 7) is 7.00. The second-order valence-corrected chi connectivity index (χ2v) is 2.71. The molecular formula is C9H21NO2. The van der Waals surface area contributed by atoms with Crippen molar-refractivity contribution in [3.63, 3.8) is 0 Å². The van der Waals surface area contributed by atoms with Crippen LogP contribution in [0.4, 0.5) is 0 Å². The van der Waals surface area contributed by atoms with Gasteiger partial charge in [0.15, 0.2) is 0 Å². The molecule has 0 radical (unpaired) electrons. The maximum absolute atomic E-state index is 5.49. The van der Waals surface area contributed by atoms with Gasteiger partial charge in [0.2, 0.25) is 0 Å². The molecule has 12 heavy (non-hydrogen) atoms. The molecule has 0 bridgehead atoms. The molecule has 1 unspecified atom stereocenters. The largest absolute Gasteiger partial charge is 0.381 e. The molecule has 0 spiro atoms. The first-order valence-corrected chi connectivity index (χ1v) is 4.74. The molecule has 0 aliphatic rings. The SMILES string of the molecule is CCCOCCC(CN)OCC. The number of nitrogens with two attached hydrogens (primary N) is 1. The van der Waals surface area contributed by atoms with Crippen molar-refractivity contribution in [3.8, 4) is 0 Å². The molecule has 0 aliphatic carbocycles. The summed E-state index contributed by atoms with van der Waals surface area (Å²) in [6, 6.07) is 0. The summed E-state index contributed by atoms with van der Waals surface area (Å²) in [5.74, 6) is 0. The van der Waals surface area contributed by atoms with E-state index in [0.717, 1.165) is 32.7 Å². The lowest BCUT2D eigenvalue weighted by Crippen LogP contribution is -2.25. The molecular weight excluding hydrogens is 154 g/mol. The molecule has 74 valence electrons. The molecule has 1 atom stereocenters. The summed E-state index contributed by atoms with van der Waals surface area (Å²) in [5, 5.41) is 0. The molecule has 0 heterocycles. The van der Waals surface area contributed by atoms with Crippen molar-refractivity contribution in [2.45, 2.75) is 32.8 Å². The smallest absolute Gasteiger partial charge is 0.0719 e. The van der Waals surface area contributed by atoms with E-state index in [4.69, 9.17) is 15.2 Å². The average molecular weight is 175 g/mol. The van der Waals surface area contributed by atoms with Gasteiger partial charge in [-0.2, -0.15) is 0 Å². The van der Waals surface area contributed by atoms with Crippen LogP contribution in [0.5, 0.6) is 0 Å². The quantitative estimate of drug-likeness (QED) is 0.563. The second-order valence-electron chi connectivity index (χ2n) is 2.71. The van der Waals surface area contributed by atoms with Crippen LogP contribution in [0, 0.1) is 0 Å². The van der Waals surface area contributed by atoms with E-state index in [2.05, 4.69) is 6.92 Å². The summed E-state index contributed by atoms with van der Waals surface area (Å²) in [7, 11) is 0. The minimum Gasteiger partial charge on any atom is -0.381 e. The van der Waals surface area contributed by atoms with Crippen molar-refractivity contribution >= 4 is 0 Å². The van der Waals surface area contributed by atoms with Gasteiger partial charge < -0.3 is 15.2 Å². The Labute approximate surface area is 75.2 Å². The number of hydrogen-bond acceptors (Lipinski definition) is 3. The molecule has 3 heteroatoms. The van der Waals surface area contributed by atoms with Crippen LogP contribution in [0.25, 0.3) is 0 Å². The van der Waals surface area contributed by atoms with E-state index in [1.165, 1.54) is 0 Å². The molecule has 3 nitrogen and oxygen atoms in total. The topological polar surface area (TPSA) is 44.5 Å². The second kappa shape index (κ2) is 8.97. The Kier molecular flexibility index (Phi) is 8.88. The van der Waals surface area contributed by atoms with E-state index in [9.17, 15) is 0 Å². The van der Waals surface area contributed by atoms with Gasteiger partial charge in [-0.05, 0) is 19.8 Å². The fraction of sp³-hybridized carbons (Fsp3) is 1.00. The summed E-state index contributed by atoms with van der Waals surface area (Å²) < 4.78 is 10.7. The highest BCUT2D eigenvalue weighted by Gasteiger charge is 2.04. The van der Waals surface area contributed by atoms with E-state index < -0.39 is 0 Å². The Hall–Kier alpha value is -0.120. The van der Waals surface area contributed by atoms with E-state index in [1.54, 1.807) is 0 Å². The molecule has 0 fully saturated rings. The lowest BCUT2D eigenvalue weighted by atomic mass is 10.2. The predicted octanol–water partition coefficient (Wildman–Crippen LogP) is 1.17. The summed E-state index contributed by atoms with van der Waals surface area (Å²) >= 11 is 0. The molecule has 0 amide bonds. The summed E-state index contributed by atoms with van der Waals surface area (Å²) in [4.78, 5) is 0. The van der Waals surface area contributed by atoms with Crippen molar-refractivity contribution in [2.75, 3.05) is 26.4 Å². The number of ether oxygens (including phenoxy) is 2. The lowest BCUT2D eigenvalue weighted by molar-refractivity contribution is 0.0328. The van der Waals surface area contributed by atoms with Gasteiger partial charge in [-0.3, -0.25) is 0 Å². The van der Waals surface area contributed by atoms with Gasteiger partial charge in [0.1, 0.15) is 0 Å². The summed E-state index contributed by atoms with van der Waals surface area (Å²) in [6.07, 6.45) is 2.15. The first-order chi connectivity index (χ1) is 5.85. The molecule has 0 rings (SSSR count). The highest BCUT2D eigenvalue weighted by Crippen LogP contribution is 1.97. The van der Waals surface area contributed by atoms with Crippen molar-refractivity contribution < 1.29 is 9.47 Å². The predicted molar refractivity (Wildman–Crippen MR) is 50.2 cm³/mol. The zero-order valence-corrected chi connectivity index (χ0v) is 8.21. The first-order valence-electron chi connectivity index (χ1n) is 4.74. The maximum Gasteiger partial charge on any atom is 0.0719 e. The van der Waals surface area contributed by atoms with Crippen molar-refractivity contribution in [3.05, 3.63) is 0 Å². The van der Waals surface area contributed by atoms with Gasteiger partial charge in [-0.1, -0.05) is 6.92 Å². The van der Waals surface area contributed by atoms with Crippen LogP contribution in [0.3, 0.4) is 0 Å². The van der Waals surface area contributed by atoms with Crippen LogP contribution in [0.15, 0.2) is 0 Å². The Morgan fingerprint density at radius 1 is 1.25 bits per heavy atom. The average Bonchev–Trinajstić information content (AvgIpc) is 2.10. The zero-order chi connectivity index (χ0) is 9.23. The zero-order valence-electron chi connectivity index (χ0n) is 8.21. The Balaban J connectivity index is 3.19. The molecule has 0 saturated carbocycles. The van der Waals surface area contributed by atoms with Crippen LogP contribution in [0.2, 0.25) is 0 Å². The number of rotatable bonds is 8. The fourth-order valence-electron chi connectivity index (χ4n) is 0.966. The maximum atomic E-state index is 5.49. The Morgan fingerprint density at radius 3 is 2.50 bits per heavy atom.